The smallest absolute Gasteiger partial charge is 0.265 e. The Morgan fingerprint density at radius 3 is 2.95 bits per heavy atom. The van der Waals surface area contributed by atoms with E-state index in [1.165, 1.54) is 11.3 Å². The van der Waals surface area contributed by atoms with Crippen LogP contribution in [0, 0.1) is 0 Å². The summed E-state index contributed by atoms with van der Waals surface area (Å²) in [6.07, 6.45) is 2.16. The van der Waals surface area contributed by atoms with Crippen LogP contribution < -0.4 is 4.90 Å². The molecule has 0 aliphatic carbocycles. The van der Waals surface area contributed by atoms with Crippen molar-refractivity contribution < 1.29 is 9.32 Å². The molecule has 0 aromatic carbocycles. The Hall–Kier alpha value is -1.96. The number of anilines is 1. The Kier molecular flexibility index (Phi) is 3.39. The lowest BCUT2D eigenvalue weighted by molar-refractivity contribution is -0.135. The van der Waals surface area contributed by atoms with Gasteiger partial charge in [-0.3, -0.25) is 9.78 Å². The molecule has 1 aliphatic rings. The van der Waals surface area contributed by atoms with E-state index < -0.39 is 0 Å². The molecule has 0 unspecified atom stereocenters. The molecule has 0 atom stereocenters. The molecule has 1 fully saturated rings. The molecular formula is C12H15N5O2S. The van der Waals surface area contributed by atoms with Crippen LogP contribution in [0.15, 0.2) is 16.2 Å². The van der Waals surface area contributed by atoms with E-state index in [0.29, 0.717) is 31.3 Å². The van der Waals surface area contributed by atoms with Gasteiger partial charge in [0.1, 0.15) is 0 Å². The molecule has 2 aromatic heterocycles. The van der Waals surface area contributed by atoms with Gasteiger partial charge in [-0.05, 0) is 5.16 Å². The molecule has 2 aromatic rings. The largest absolute Gasteiger partial charge is 0.344 e. The Balaban J connectivity index is 1.54. The minimum Gasteiger partial charge on any atom is -0.344 e. The average molecular weight is 293 g/mol. The van der Waals surface area contributed by atoms with E-state index in [2.05, 4.69) is 15.1 Å². The highest BCUT2D eigenvalue weighted by atomic mass is 32.1. The number of carbonyl (C=O) groups is 1. The van der Waals surface area contributed by atoms with Crippen LogP contribution in [0.4, 0.5) is 5.95 Å². The van der Waals surface area contributed by atoms with Gasteiger partial charge in [0, 0.05) is 38.3 Å². The Morgan fingerprint density at radius 1 is 1.55 bits per heavy atom. The molecule has 0 spiro atoms. The molecule has 0 bridgehead atoms. The summed E-state index contributed by atoms with van der Waals surface area (Å²) in [7, 11) is 3.72. The predicted octanol–water partition coefficient (Wildman–Crippen LogP) is 0.761. The van der Waals surface area contributed by atoms with Crippen LogP contribution in [0.25, 0.3) is 0 Å². The van der Waals surface area contributed by atoms with Crippen molar-refractivity contribution in [2.45, 2.75) is 12.3 Å². The second-order valence-corrected chi connectivity index (χ2v) is 5.94. The fourth-order valence-corrected chi connectivity index (χ4v) is 2.59. The summed E-state index contributed by atoms with van der Waals surface area (Å²) in [5.74, 6) is 1.45. The van der Waals surface area contributed by atoms with E-state index in [9.17, 15) is 4.79 Å². The van der Waals surface area contributed by atoms with Crippen LogP contribution in [0.1, 0.15) is 16.7 Å². The molecular weight excluding hydrogens is 278 g/mol. The van der Waals surface area contributed by atoms with E-state index in [4.69, 9.17) is 4.52 Å². The summed E-state index contributed by atoms with van der Waals surface area (Å²) in [5, 5.41) is 3.88. The molecule has 20 heavy (non-hydrogen) atoms. The van der Waals surface area contributed by atoms with Gasteiger partial charge < -0.3 is 14.3 Å². The quantitative estimate of drug-likeness (QED) is 0.828. The number of carbonyl (C=O) groups excluding carboxylic acids is 1. The molecule has 3 rings (SSSR count). The van der Waals surface area contributed by atoms with Gasteiger partial charge in [-0.2, -0.15) is 4.98 Å². The van der Waals surface area contributed by atoms with E-state index in [0.717, 1.165) is 4.88 Å². The highest BCUT2D eigenvalue weighted by Gasteiger charge is 2.35. The van der Waals surface area contributed by atoms with Gasteiger partial charge >= 0.3 is 0 Å². The molecule has 7 nitrogen and oxygen atoms in total. The zero-order valence-corrected chi connectivity index (χ0v) is 12.1. The summed E-state index contributed by atoms with van der Waals surface area (Å²) in [5.41, 5.74) is 1.74. The zero-order valence-electron chi connectivity index (χ0n) is 11.3. The second kappa shape index (κ2) is 5.20. The number of likely N-dealkylation sites (tertiary alicyclic amines) is 1. The summed E-state index contributed by atoms with van der Waals surface area (Å²) in [6, 6.07) is 0. The number of nitrogens with zero attached hydrogens (tertiary/aromatic N) is 5. The summed E-state index contributed by atoms with van der Waals surface area (Å²) in [6.45, 7) is 1.29. The standard InChI is InChI=1S/C12H15N5O2S/c1-16(2)12-14-11(19-15-12)8-5-17(6-8)10(18)3-9-4-13-7-20-9/h4,7-8H,3,5-6H2,1-2H3. The highest BCUT2D eigenvalue weighted by molar-refractivity contribution is 7.09. The first-order valence-electron chi connectivity index (χ1n) is 6.29. The maximum absolute atomic E-state index is 12.0. The van der Waals surface area contributed by atoms with Gasteiger partial charge in [-0.1, -0.05) is 0 Å². The first-order valence-corrected chi connectivity index (χ1v) is 7.17. The van der Waals surface area contributed by atoms with Gasteiger partial charge in [0.15, 0.2) is 0 Å². The monoisotopic (exact) mass is 293 g/mol. The number of aromatic nitrogens is 3. The fourth-order valence-electron chi connectivity index (χ4n) is 2.00. The first-order chi connectivity index (χ1) is 9.63. The lowest BCUT2D eigenvalue weighted by atomic mass is 9.99. The van der Waals surface area contributed by atoms with E-state index in [1.807, 2.05) is 19.0 Å². The van der Waals surface area contributed by atoms with Gasteiger partial charge in [0.05, 0.1) is 17.8 Å². The topological polar surface area (TPSA) is 75.4 Å². The second-order valence-electron chi connectivity index (χ2n) is 4.97. The van der Waals surface area contributed by atoms with Crippen molar-refractivity contribution in [3.63, 3.8) is 0 Å². The minimum atomic E-state index is 0.123. The molecule has 106 valence electrons. The van der Waals surface area contributed by atoms with Crippen LogP contribution in [-0.2, 0) is 11.2 Å². The zero-order chi connectivity index (χ0) is 14.1. The molecule has 1 aliphatic heterocycles. The Bertz CT molecular complexity index is 589. The molecule has 1 amide bonds. The summed E-state index contributed by atoms with van der Waals surface area (Å²) in [4.78, 5) is 24.9. The first kappa shape index (κ1) is 13.0. The van der Waals surface area contributed by atoms with Crippen LogP contribution in [0.3, 0.4) is 0 Å². The third-order valence-corrected chi connectivity index (χ3v) is 4.00. The third-order valence-electron chi connectivity index (χ3n) is 3.22. The predicted molar refractivity (Wildman–Crippen MR) is 73.8 cm³/mol. The van der Waals surface area contributed by atoms with Crippen molar-refractivity contribution >= 4 is 23.2 Å². The molecule has 0 saturated carbocycles. The van der Waals surface area contributed by atoms with Crippen LogP contribution in [0.5, 0.6) is 0 Å². The SMILES string of the molecule is CN(C)c1noc(C2CN(C(=O)Cc3cncs3)C2)n1. The molecule has 1 saturated heterocycles. The van der Waals surface area contributed by atoms with Crippen LogP contribution >= 0.6 is 11.3 Å². The maximum Gasteiger partial charge on any atom is 0.265 e. The average Bonchev–Trinajstić information content (AvgIpc) is 2.97. The van der Waals surface area contributed by atoms with Crippen molar-refractivity contribution in [2.24, 2.45) is 0 Å². The lowest BCUT2D eigenvalue weighted by Crippen LogP contribution is -2.49. The van der Waals surface area contributed by atoms with E-state index in [-0.39, 0.29) is 11.8 Å². The van der Waals surface area contributed by atoms with Crippen molar-refractivity contribution in [1.82, 2.24) is 20.0 Å². The Labute approximate surface area is 120 Å². The molecule has 0 radical (unpaired) electrons. The van der Waals surface area contributed by atoms with Crippen molar-refractivity contribution in [3.05, 3.63) is 22.5 Å². The molecule has 8 heteroatoms. The minimum absolute atomic E-state index is 0.123. The molecule has 0 N–H and O–H groups in total. The molecule has 3 heterocycles. The number of rotatable bonds is 4. The fraction of sp³-hybridized carbons (Fsp3) is 0.500. The summed E-state index contributed by atoms with van der Waals surface area (Å²) >= 11 is 1.50. The lowest BCUT2D eigenvalue weighted by Gasteiger charge is -2.37. The highest BCUT2D eigenvalue weighted by Crippen LogP contribution is 2.27. The van der Waals surface area contributed by atoms with Gasteiger partial charge in [0.2, 0.25) is 11.8 Å². The number of thiazole rings is 1. The normalized spacial score (nSPS) is 15.2. The van der Waals surface area contributed by atoms with Crippen molar-refractivity contribution in [1.29, 1.82) is 0 Å². The number of hydrogen-bond donors (Lipinski definition) is 0. The van der Waals surface area contributed by atoms with E-state index >= 15 is 0 Å². The van der Waals surface area contributed by atoms with Gasteiger partial charge in [-0.15, -0.1) is 11.3 Å². The summed E-state index contributed by atoms with van der Waals surface area (Å²) < 4.78 is 5.22. The van der Waals surface area contributed by atoms with E-state index in [1.54, 1.807) is 16.6 Å². The van der Waals surface area contributed by atoms with Crippen molar-refractivity contribution in [2.75, 3.05) is 32.1 Å². The number of hydrogen-bond acceptors (Lipinski definition) is 7. The van der Waals surface area contributed by atoms with Crippen LogP contribution in [0.2, 0.25) is 0 Å². The maximum atomic E-state index is 12.0. The Morgan fingerprint density at radius 2 is 2.35 bits per heavy atom. The van der Waals surface area contributed by atoms with Gasteiger partial charge in [-0.25, -0.2) is 0 Å². The van der Waals surface area contributed by atoms with Gasteiger partial charge in [0.25, 0.3) is 5.95 Å². The third kappa shape index (κ3) is 2.51. The number of amides is 1. The van der Waals surface area contributed by atoms with Crippen LogP contribution in [-0.4, -0.2) is 53.1 Å². The van der Waals surface area contributed by atoms with Crippen molar-refractivity contribution in [3.8, 4) is 0 Å².